The summed E-state index contributed by atoms with van der Waals surface area (Å²) in [5.74, 6) is 3.35. The first-order valence-electron chi connectivity index (χ1n) is 13.7. The van der Waals surface area contributed by atoms with Gasteiger partial charge in [0.25, 0.3) is 0 Å². The number of benzene rings is 1. The Morgan fingerprint density at radius 1 is 0.912 bits per heavy atom. The second-order valence-corrected chi connectivity index (χ2v) is 11.0. The van der Waals surface area contributed by atoms with Crippen LogP contribution in [0.5, 0.6) is 5.75 Å². The SMILES string of the molecule is COc1ccc(-c2nc3n(n2)C2(CCCCC2)C2CCCCC2N3C(=O)C2CCCCC2)cc1. The highest BCUT2D eigenvalue weighted by Crippen LogP contribution is 2.53. The molecule has 182 valence electrons. The number of amides is 1. The molecule has 1 aromatic carbocycles. The molecule has 1 aromatic heterocycles. The highest BCUT2D eigenvalue weighted by atomic mass is 16.5. The maximum Gasteiger partial charge on any atom is 0.232 e. The van der Waals surface area contributed by atoms with E-state index in [1.54, 1.807) is 7.11 Å². The summed E-state index contributed by atoms with van der Waals surface area (Å²) in [6.07, 6.45) is 16.6. The third-order valence-corrected chi connectivity index (χ3v) is 9.24. The molecular formula is C28H38N4O2. The van der Waals surface area contributed by atoms with E-state index in [1.165, 1.54) is 57.8 Å². The Kier molecular flexibility index (Phi) is 5.86. The molecule has 2 unspecified atom stereocenters. The number of methoxy groups -OCH3 is 1. The van der Waals surface area contributed by atoms with Crippen LogP contribution in [-0.2, 0) is 10.3 Å². The largest absolute Gasteiger partial charge is 0.497 e. The van der Waals surface area contributed by atoms with Crippen LogP contribution >= 0.6 is 0 Å². The van der Waals surface area contributed by atoms with Crippen molar-refractivity contribution in [3.8, 4) is 17.1 Å². The van der Waals surface area contributed by atoms with Gasteiger partial charge in [-0.15, -0.1) is 5.10 Å². The molecule has 0 radical (unpaired) electrons. The lowest BCUT2D eigenvalue weighted by Gasteiger charge is -2.55. The van der Waals surface area contributed by atoms with Gasteiger partial charge in [-0.25, -0.2) is 4.68 Å². The molecule has 0 N–H and O–H groups in total. The van der Waals surface area contributed by atoms with Gasteiger partial charge in [0, 0.05) is 23.4 Å². The maximum absolute atomic E-state index is 14.1. The number of anilines is 1. The van der Waals surface area contributed by atoms with Crippen LogP contribution in [0.4, 0.5) is 5.95 Å². The molecule has 3 aliphatic carbocycles. The van der Waals surface area contributed by atoms with Crippen molar-refractivity contribution in [2.24, 2.45) is 11.8 Å². The Morgan fingerprint density at radius 2 is 1.59 bits per heavy atom. The third kappa shape index (κ3) is 3.56. The fourth-order valence-corrected chi connectivity index (χ4v) is 7.53. The van der Waals surface area contributed by atoms with E-state index in [2.05, 4.69) is 9.58 Å². The third-order valence-electron chi connectivity index (χ3n) is 9.24. The normalized spacial score (nSPS) is 26.7. The highest BCUT2D eigenvalue weighted by Gasteiger charge is 2.55. The van der Waals surface area contributed by atoms with Crippen molar-refractivity contribution in [1.82, 2.24) is 14.8 Å². The van der Waals surface area contributed by atoms with Crippen molar-refractivity contribution in [1.29, 1.82) is 0 Å². The van der Waals surface area contributed by atoms with Gasteiger partial charge in [-0.05, 0) is 62.8 Å². The number of hydrogen-bond acceptors (Lipinski definition) is 4. The van der Waals surface area contributed by atoms with Crippen molar-refractivity contribution < 1.29 is 9.53 Å². The first kappa shape index (κ1) is 22.1. The van der Waals surface area contributed by atoms with Gasteiger partial charge in [0.05, 0.1) is 12.6 Å². The molecule has 3 fully saturated rings. The van der Waals surface area contributed by atoms with Crippen LogP contribution in [0.1, 0.15) is 89.9 Å². The van der Waals surface area contributed by atoms with Crippen LogP contribution in [0.3, 0.4) is 0 Å². The minimum absolute atomic E-state index is 0.0136. The zero-order valence-corrected chi connectivity index (χ0v) is 20.5. The van der Waals surface area contributed by atoms with E-state index in [0.717, 1.165) is 55.2 Å². The maximum atomic E-state index is 14.1. The number of carbonyl (C=O) groups is 1. The summed E-state index contributed by atoms with van der Waals surface area (Å²) in [7, 11) is 1.69. The van der Waals surface area contributed by atoms with Gasteiger partial charge in [-0.1, -0.05) is 51.4 Å². The van der Waals surface area contributed by atoms with E-state index in [-0.39, 0.29) is 17.5 Å². The molecule has 6 rings (SSSR count). The van der Waals surface area contributed by atoms with Crippen LogP contribution in [0.15, 0.2) is 24.3 Å². The van der Waals surface area contributed by atoms with E-state index in [1.807, 2.05) is 24.3 Å². The molecule has 2 heterocycles. The lowest BCUT2D eigenvalue weighted by molar-refractivity contribution is -0.125. The highest BCUT2D eigenvalue weighted by molar-refractivity contribution is 5.95. The van der Waals surface area contributed by atoms with Crippen LogP contribution in [0, 0.1) is 11.8 Å². The van der Waals surface area contributed by atoms with Crippen molar-refractivity contribution in [2.45, 2.75) is 101 Å². The number of rotatable bonds is 3. The van der Waals surface area contributed by atoms with E-state index < -0.39 is 0 Å². The number of hydrogen-bond donors (Lipinski definition) is 0. The van der Waals surface area contributed by atoms with Crippen molar-refractivity contribution in [3.63, 3.8) is 0 Å². The summed E-state index contributed by atoms with van der Waals surface area (Å²) < 4.78 is 7.61. The summed E-state index contributed by atoms with van der Waals surface area (Å²) in [6.45, 7) is 0. The van der Waals surface area contributed by atoms with Crippen molar-refractivity contribution in [2.75, 3.05) is 12.0 Å². The Hall–Kier alpha value is -2.37. The zero-order chi connectivity index (χ0) is 23.1. The van der Waals surface area contributed by atoms with Gasteiger partial charge >= 0.3 is 0 Å². The van der Waals surface area contributed by atoms with Crippen LogP contribution in [0.2, 0.25) is 0 Å². The standard InChI is InChI=1S/C28H38N4O2/c1-34-22-16-14-20(15-17-22)25-29-27-31(26(33)21-10-4-2-5-11-21)24-13-7-6-12-23(24)28(32(27)30-25)18-8-3-9-19-28/h14-17,21,23-24H,2-13,18-19H2,1H3. The molecule has 0 saturated heterocycles. The number of fused-ring (bicyclic) bond motifs is 4. The predicted octanol–water partition coefficient (Wildman–Crippen LogP) is 6.10. The number of nitrogens with zero attached hydrogens (tertiary/aromatic N) is 4. The van der Waals surface area contributed by atoms with E-state index in [9.17, 15) is 4.79 Å². The van der Waals surface area contributed by atoms with E-state index >= 15 is 0 Å². The summed E-state index contributed by atoms with van der Waals surface area (Å²) in [5.41, 5.74) is 1.00. The average Bonchev–Trinajstić information content (AvgIpc) is 3.36. The molecule has 3 saturated carbocycles. The van der Waals surface area contributed by atoms with Crippen LogP contribution in [0.25, 0.3) is 11.4 Å². The number of aromatic nitrogens is 3. The van der Waals surface area contributed by atoms with Gasteiger partial charge in [0.15, 0.2) is 5.82 Å². The molecular weight excluding hydrogens is 424 g/mol. The molecule has 34 heavy (non-hydrogen) atoms. The van der Waals surface area contributed by atoms with E-state index in [0.29, 0.717) is 11.8 Å². The minimum Gasteiger partial charge on any atom is -0.497 e. The molecule has 2 aromatic rings. The first-order valence-corrected chi connectivity index (χ1v) is 13.7. The molecule has 1 amide bonds. The molecule has 4 aliphatic rings. The molecule has 1 spiro atoms. The van der Waals surface area contributed by atoms with Crippen LogP contribution in [-0.4, -0.2) is 33.8 Å². The fourth-order valence-electron chi connectivity index (χ4n) is 7.53. The second kappa shape index (κ2) is 9.01. The lowest BCUT2D eigenvalue weighted by atomic mass is 9.64. The first-order chi connectivity index (χ1) is 16.7. The monoisotopic (exact) mass is 462 g/mol. The van der Waals surface area contributed by atoms with Gasteiger partial charge in [-0.3, -0.25) is 9.69 Å². The topological polar surface area (TPSA) is 60.2 Å². The van der Waals surface area contributed by atoms with E-state index in [4.69, 9.17) is 14.8 Å². The number of carbonyl (C=O) groups excluding carboxylic acids is 1. The summed E-state index contributed by atoms with van der Waals surface area (Å²) >= 11 is 0. The van der Waals surface area contributed by atoms with Gasteiger partial charge < -0.3 is 4.74 Å². The van der Waals surface area contributed by atoms with Gasteiger partial charge in [-0.2, -0.15) is 4.98 Å². The average molecular weight is 463 g/mol. The summed E-state index contributed by atoms with van der Waals surface area (Å²) in [4.78, 5) is 21.4. The summed E-state index contributed by atoms with van der Waals surface area (Å²) in [6, 6.07) is 8.29. The van der Waals surface area contributed by atoms with Crippen molar-refractivity contribution in [3.05, 3.63) is 24.3 Å². The smallest absolute Gasteiger partial charge is 0.232 e. The number of ether oxygens (including phenoxy) is 1. The van der Waals surface area contributed by atoms with Crippen molar-refractivity contribution >= 4 is 11.9 Å². The molecule has 6 nitrogen and oxygen atoms in total. The Labute approximate surface area is 203 Å². The zero-order valence-electron chi connectivity index (χ0n) is 20.5. The van der Waals surface area contributed by atoms with Gasteiger partial charge in [0.2, 0.25) is 11.9 Å². The van der Waals surface area contributed by atoms with Crippen LogP contribution < -0.4 is 9.64 Å². The Morgan fingerprint density at radius 3 is 2.32 bits per heavy atom. The summed E-state index contributed by atoms with van der Waals surface area (Å²) in [5, 5.41) is 5.19. The lowest BCUT2D eigenvalue weighted by Crippen LogP contribution is -2.62. The Bertz CT molecular complexity index is 1020. The van der Waals surface area contributed by atoms with Gasteiger partial charge in [0.1, 0.15) is 5.75 Å². The molecule has 6 heteroatoms. The molecule has 1 aliphatic heterocycles. The second-order valence-electron chi connectivity index (χ2n) is 11.0. The Balaban J connectivity index is 1.48. The molecule has 0 bridgehead atoms. The predicted molar refractivity (Wildman–Crippen MR) is 133 cm³/mol. The minimum atomic E-state index is 0.0136. The quantitative estimate of drug-likeness (QED) is 0.553. The molecule has 2 atom stereocenters. The fraction of sp³-hybridized carbons (Fsp3) is 0.679.